The third kappa shape index (κ3) is 6.12. The molecule has 2 atom stereocenters. The van der Waals surface area contributed by atoms with Gasteiger partial charge >= 0.3 is 0 Å². The molecule has 0 saturated heterocycles. The molecule has 29 heavy (non-hydrogen) atoms. The van der Waals surface area contributed by atoms with Gasteiger partial charge in [-0.05, 0) is 44.8 Å². The normalized spacial score (nSPS) is 16.1. The van der Waals surface area contributed by atoms with E-state index in [-0.39, 0.29) is 0 Å². The number of hydrogen-bond acceptors (Lipinski definition) is 3. The third-order valence-corrected chi connectivity index (χ3v) is 26.5. The SMILES string of the molecule is CCSC(OC(SCC)[Si](C(C)C)(C(C)C)C(C)C)[Si](C(C)C)(C(C)C)C(C)C. The minimum Gasteiger partial charge on any atom is -0.361 e. The fourth-order valence-corrected chi connectivity index (χ4v) is 28.3. The molecule has 0 radical (unpaired) electrons. The lowest BCUT2D eigenvalue weighted by Crippen LogP contribution is -2.61. The molecule has 0 heterocycles. The average molecular weight is 479 g/mol. The Morgan fingerprint density at radius 3 is 0.828 bits per heavy atom. The molecule has 0 N–H and O–H groups in total. The highest BCUT2D eigenvalue weighted by molar-refractivity contribution is 8.02. The van der Waals surface area contributed by atoms with Gasteiger partial charge in [-0.1, -0.05) is 96.9 Å². The minimum absolute atomic E-state index is 0.389. The molecule has 2 unspecified atom stereocenters. The summed E-state index contributed by atoms with van der Waals surface area (Å²) in [7, 11) is -3.41. The maximum atomic E-state index is 7.48. The van der Waals surface area contributed by atoms with Crippen LogP contribution in [0.25, 0.3) is 0 Å². The summed E-state index contributed by atoms with van der Waals surface area (Å²) >= 11 is 4.24. The van der Waals surface area contributed by atoms with Gasteiger partial charge in [-0.3, -0.25) is 0 Å². The molecule has 0 bridgehead atoms. The fraction of sp³-hybridized carbons (Fsp3) is 1.00. The zero-order valence-corrected chi connectivity index (χ0v) is 25.9. The van der Waals surface area contributed by atoms with Crippen LogP contribution in [0.2, 0.25) is 33.2 Å². The van der Waals surface area contributed by atoms with Crippen LogP contribution in [0, 0.1) is 0 Å². The lowest BCUT2D eigenvalue weighted by atomic mass is 10.5. The Hall–Kier alpha value is 1.09. The van der Waals surface area contributed by atoms with E-state index in [0.29, 0.717) is 10.1 Å². The van der Waals surface area contributed by atoms with E-state index in [0.717, 1.165) is 44.8 Å². The molecule has 0 rings (SSSR count). The molecule has 5 heteroatoms. The highest BCUT2D eigenvalue weighted by atomic mass is 32.2. The Labute approximate surface area is 195 Å². The summed E-state index contributed by atoms with van der Waals surface area (Å²) in [5.41, 5.74) is 4.37. The Morgan fingerprint density at radius 2 is 0.690 bits per heavy atom. The van der Waals surface area contributed by atoms with Gasteiger partial charge in [0.05, 0.1) is 10.1 Å². The van der Waals surface area contributed by atoms with Crippen LogP contribution >= 0.6 is 23.5 Å². The van der Waals surface area contributed by atoms with Crippen molar-refractivity contribution >= 4 is 39.7 Å². The monoisotopic (exact) mass is 478 g/mol. The van der Waals surface area contributed by atoms with Crippen molar-refractivity contribution < 1.29 is 4.74 Å². The Balaban J connectivity index is 6.56. The molecule has 0 aliphatic heterocycles. The van der Waals surface area contributed by atoms with Crippen molar-refractivity contribution in [1.82, 2.24) is 0 Å². The van der Waals surface area contributed by atoms with E-state index < -0.39 is 16.1 Å². The van der Waals surface area contributed by atoms with E-state index in [1.807, 2.05) is 0 Å². The predicted octanol–water partition coefficient (Wildman–Crippen LogP) is 9.60. The second-order valence-corrected chi connectivity index (χ2v) is 26.1. The van der Waals surface area contributed by atoms with Gasteiger partial charge in [-0.15, -0.1) is 23.5 Å². The van der Waals surface area contributed by atoms with E-state index in [2.05, 4.69) is 120 Å². The molecule has 0 aromatic heterocycles. The fourth-order valence-electron chi connectivity index (χ4n) is 6.65. The third-order valence-electron chi connectivity index (χ3n) is 7.70. The molecular formula is C24H54OS2Si2. The van der Waals surface area contributed by atoms with E-state index >= 15 is 0 Å². The van der Waals surface area contributed by atoms with Crippen molar-refractivity contribution in [2.45, 2.75) is 140 Å². The number of thioether (sulfide) groups is 2. The van der Waals surface area contributed by atoms with Gasteiger partial charge in [0.15, 0.2) is 0 Å². The molecule has 0 saturated carbocycles. The quantitative estimate of drug-likeness (QED) is 0.181. The highest BCUT2D eigenvalue weighted by Gasteiger charge is 2.55. The topological polar surface area (TPSA) is 9.23 Å². The van der Waals surface area contributed by atoms with Crippen LogP contribution in [-0.2, 0) is 4.74 Å². The Bertz CT molecular complexity index is 367. The summed E-state index contributed by atoms with van der Waals surface area (Å²) < 4.78 is 7.48. The summed E-state index contributed by atoms with van der Waals surface area (Å²) in [4.78, 5) is 0. The molecule has 0 amide bonds. The van der Waals surface area contributed by atoms with Crippen LogP contribution in [0.3, 0.4) is 0 Å². The van der Waals surface area contributed by atoms with Crippen LogP contribution < -0.4 is 0 Å². The summed E-state index contributed by atoms with van der Waals surface area (Å²) in [6.07, 6.45) is 0. The maximum Gasteiger partial charge on any atom is 0.108 e. The zero-order chi connectivity index (χ0) is 23.2. The van der Waals surface area contributed by atoms with Crippen LogP contribution in [-0.4, -0.2) is 37.8 Å². The molecule has 0 spiro atoms. The van der Waals surface area contributed by atoms with Gasteiger partial charge in [-0.25, -0.2) is 0 Å². The van der Waals surface area contributed by atoms with Crippen molar-refractivity contribution in [2.75, 3.05) is 11.5 Å². The summed E-state index contributed by atoms with van der Waals surface area (Å²) in [5, 5.41) is 0.777. The molecule has 0 fully saturated rings. The predicted molar refractivity (Wildman–Crippen MR) is 147 cm³/mol. The van der Waals surface area contributed by atoms with Crippen molar-refractivity contribution in [2.24, 2.45) is 0 Å². The van der Waals surface area contributed by atoms with E-state index in [1.54, 1.807) is 0 Å². The van der Waals surface area contributed by atoms with Gasteiger partial charge in [-0.2, -0.15) is 0 Å². The molecule has 1 nitrogen and oxygen atoms in total. The van der Waals surface area contributed by atoms with Crippen LogP contribution in [0.1, 0.15) is 96.9 Å². The number of ether oxygens (including phenoxy) is 1. The first kappa shape index (κ1) is 30.1. The first-order valence-corrected chi connectivity index (χ1v) is 18.9. The van der Waals surface area contributed by atoms with Gasteiger partial charge in [0.2, 0.25) is 0 Å². The van der Waals surface area contributed by atoms with Crippen LogP contribution in [0.5, 0.6) is 0 Å². The summed E-state index contributed by atoms with van der Waals surface area (Å²) in [5.74, 6) is 2.29. The Kier molecular flexibility index (Phi) is 13.4. The van der Waals surface area contributed by atoms with Gasteiger partial charge in [0, 0.05) is 0 Å². The first-order valence-electron chi connectivity index (χ1n) is 12.2. The van der Waals surface area contributed by atoms with E-state index in [4.69, 9.17) is 4.74 Å². The van der Waals surface area contributed by atoms with Crippen LogP contribution in [0.15, 0.2) is 0 Å². The summed E-state index contributed by atoms with van der Waals surface area (Å²) in [6.45, 7) is 34.5. The standard InChI is InChI=1S/C24H54OS2Si2/c1-15-26-23(28(17(3)4,18(5)6)19(7)8)25-24(27-16-2)29(20(9)10,21(11)12)22(13)14/h17-24H,15-16H2,1-14H3. The van der Waals surface area contributed by atoms with Crippen molar-refractivity contribution in [3.63, 3.8) is 0 Å². The Morgan fingerprint density at radius 1 is 0.483 bits per heavy atom. The smallest absolute Gasteiger partial charge is 0.108 e. The van der Waals surface area contributed by atoms with Gasteiger partial charge < -0.3 is 4.74 Å². The molecule has 0 aliphatic rings. The van der Waals surface area contributed by atoms with Crippen LogP contribution in [0.4, 0.5) is 0 Å². The number of hydrogen-bond donors (Lipinski definition) is 0. The second-order valence-electron chi connectivity index (χ2n) is 10.6. The largest absolute Gasteiger partial charge is 0.361 e. The van der Waals surface area contributed by atoms with Crippen molar-refractivity contribution in [3.8, 4) is 0 Å². The minimum atomic E-state index is -1.70. The lowest BCUT2D eigenvalue weighted by Gasteiger charge is -2.53. The average Bonchev–Trinajstić information content (AvgIpc) is 2.53. The van der Waals surface area contributed by atoms with Gasteiger partial charge in [0.1, 0.15) is 16.1 Å². The van der Waals surface area contributed by atoms with Crippen molar-refractivity contribution in [1.29, 1.82) is 0 Å². The molecule has 176 valence electrons. The molecule has 0 aliphatic carbocycles. The first-order chi connectivity index (χ1) is 13.3. The highest BCUT2D eigenvalue weighted by Crippen LogP contribution is 2.53. The molecule has 0 aromatic carbocycles. The zero-order valence-electron chi connectivity index (χ0n) is 22.3. The second kappa shape index (κ2) is 13.0. The van der Waals surface area contributed by atoms with Crippen molar-refractivity contribution in [3.05, 3.63) is 0 Å². The molecule has 0 aromatic rings. The van der Waals surface area contributed by atoms with E-state index in [9.17, 15) is 0 Å². The van der Waals surface area contributed by atoms with Gasteiger partial charge in [0.25, 0.3) is 0 Å². The maximum absolute atomic E-state index is 7.48. The number of rotatable bonds is 14. The van der Waals surface area contributed by atoms with E-state index in [1.165, 1.54) is 0 Å². The lowest BCUT2D eigenvalue weighted by molar-refractivity contribution is 0.161. The summed E-state index contributed by atoms with van der Waals surface area (Å²) in [6, 6.07) is 0. The molecular weight excluding hydrogens is 425 g/mol.